The van der Waals surface area contributed by atoms with Gasteiger partial charge in [-0.3, -0.25) is 0 Å². The van der Waals surface area contributed by atoms with Crippen LogP contribution in [-0.2, 0) is 9.24 Å². The molecule has 1 aromatic heterocycles. The predicted octanol–water partition coefficient (Wildman–Crippen LogP) is 0.215. The zero-order valence-electron chi connectivity index (χ0n) is 4.23. The lowest BCUT2D eigenvalue weighted by molar-refractivity contribution is 0.601. The quantitative estimate of drug-likeness (QED) is 0.561. The summed E-state index contributed by atoms with van der Waals surface area (Å²) in [5, 5.41) is 0. The van der Waals surface area contributed by atoms with Gasteiger partial charge in [0.1, 0.15) is 6.33 Å². The van der Waals surface area contributed by atoms with Gasteiger partial charge in [0.15, 0.2) is 0 Å². The van der Waals surface area contributed by atoms with Crippen molar-refractivity contribution in [2.45, 2.75) is 0 Å². The Bertz CT molecular complexity index is 277. The summed E-state index contributed by atoms with van der Waals surface area (Å²) < 4.78 is 21.6. The number of rotatable bonds is 1. The van der Waals surface area contributed by atoms with Crippen LogP contribution in [0.3, 0.4) is 0 Å². The van der Waals surface area contributed by atoms with E-state index in [2.05, 4.69) is 4.98 Å². The number of hydrogen-bond donors (Lipinski definition) is 0. The second-order valence-electron chi connectivity index (χ2n) is 1.33. The van der Waals surface area contributed by atoms with E-state index in [-0.39, 0.29) is 0 Å². The number of imidazole rings is 1. The average Bonchev–Trinajstić information content (AvgIpc) is 2.08. The number of hydrogen-bond acceptors (Lipinski definition) is 3. The van der Waals surface area contributed by atoms with Crippen molar-refractivity contribution in [3.63, 3.8) is 0 Å². The van der Waals surface area contributed by atoms with Crippen molar-refractivity contribution in [3.8, 4) is 0 Å². The van der Waals surface area contributed by atoms with E-state index in [9.17, 15) is 8.42 Å². The van der Waals surface area contributed by atoms with E-state index in [1.807, 2.05) is 0 Å². The van der Waals surface area contributed by atoms with Crippen LogP contribution >= 0.6 is 10.7 Å². The molecule has 0 aliphatic heterocycles. The average molecular weight is 167 g/mol. The van der Waals surface area contributed by atoms with E-state index in [1.165, 1.54) is 12.4 Å². The minimum Gasteiger partial charge on any atom is -0.244 e. The van der Waals surface area contributed by atoms with Gasteiger partial charge in [-0.25, -0.2) is 8.96 Å². The molecule has 0 saturated carbocycles. The van der Waals surface area contributed by atoms with Gasteiger partial charge in [0.2, 0.25) is 0 Å². The molecule has 50 valence electrons. The van der Waals surface area contributed by atoms with Gasteiger partial charge < -0.3 is 0 Å². The normalized spacial score (nSPS) is 11.7. The molecule has 0 aliphatic carbocycles. The largest absolute Gasteiger partial charge is 0.326 e. The molecule has 0 aromatic carbocycles. The van der Waals surface area contributed by atoms with Gasteiger partial charge in [-0.15, -0.1) is 0 Å². The Hall–Kier alpha value is -0.550. The Labute approximate surface area is 56.6 Å². The first-order chi connectivity index (χ1) is 4.11. The highest BCUT2D eigenvalue weighted by molar-refractivity contribution is 8.12. The second-order valence-corrected chi connectivity index (χ2v) is 3.75. The number of aromatic nitrogens is 2. The van der Waals surface area contributed by atoms with Crippen LogP contribution < -0.4 is 0 Å². The first kappa shape index (κ1) is 6.57. The number of halogens is 1. The molecule has 1 aromatic rings. The fourth-order valence-electron chi connectivity index (χ4n) is 0.376. The van der Waals surface area contributed by atoms with Crippen LogP contribution in [0.5, 0.6) is 0 Å². The zero-order valence-corrected chi connectivity index (χ0v) is 5.80. The maximum absolute atomic E-state index is 10.4. The summed E-state index contributed by atoms with van der Waals surface area (Å²) in [5.41, 5.74) is 0. The van der Waals surface area contributed by atoms with Crippen molar-refractivity contribution in [1.82, 2.24) is 8.96 Å². The van der Waals surface area contributed by atoms with E-state index < -0.39 is 9.24 Å². The molecular formula is C3H3ClN2O2S. The van der Waals surface area contributed by atoms with Crippen LogP contribution in [0.25, 0.3) is 0 Å². The fourth-order valence-corrected chi connectivity index (χ4v) is 0.988. The lowest BCUT2D eigenvalue weighted by atomic mass is 11.0. The Kier molecular flexibility index (Phi) is 1.46. The van der Waals surface area contributed by atoms with E-state index >= 15 is 0 Å². The van der Waals surface area contributed by atoms with Gasteiger partial charge in [0.05, 0.1) is 0 Å². The Morgan fingerprint density at radius 2 is 2.22 bits per heavy atom. The highest BCUT2D eigenvalue weighted by Crippen LogP contribution is 1.99. The van der Waals surface area contributed by atoms with Crippen LogP contribution in [-0.4, -0.2) is 17.4 Å². The van der Waals surface area contributed by atoms with Crippen molar-refractivity contribution >= 4 is 19.9 Å². The molecule has 6 heteroatoms. The summed E-state index contributed by atoms with van der Waals surface area (Å²) in [6, 6.07) is 0. The van der Waals surface area contributed by atoms with Crippen LogP contribution in [0, 0.1) is 0 Å². The smallest absolute Gasteiger partial charge is 0.244 e. The minimum atomic E-state index is -3.63. The molecule has 0 radical (unpaired) electrons. The summed E-state index contributed by atoms with van der Waals surface area (Å²) in [5.74, 6) is 0. The summed E-state index contributed by atoms with van der Waals surface area (Å²) >= 11 is 0. The minimum absolute atomic E-state index is 0.814. The van der Waals surface area contributed by atoms with Gasteiger partial charge in [-0.1, -0.05) is 0 Å². The molecule has 9 heavy (non-hydrogen) atoms. The van der Waals surface area contributed by atoms with Crippen molar-refractivity contribution in [1.29, 1.82) is 0 Å². The van der Waals surface area contributed by atoms with E-state index in [0.717, 1.165) is 10.3 Å². The molecule has 0 unspecified atom stereocenters. The molecule has 0 fully saturated rings. The lowest BCUT2D eigenvalue weighted by Crippen LogP contribution is -2.00. The standard InChI is InChI=1S/C3H3ClN2O2S/c4-9(7,8)6-2-1-5-3-6/h1-3H. The molecule has 0 aliphatic rings. The molecule has 0 saturated heterocycles. The molecule has 1 heterocycles. The topological polar surface area (TPSA) is 52.0 Å². The third-order valence-corrected chi connectivity index (χ3v) is 1.93. The highest BCUT2D eigenvalue weighted by atomic mass is 35.7. The van der Waals surface area contributed by atoms with Crippen LogP contribution in [0.1, 0.15) is 0 Å². The van der Waals surface area contributed by atoms with Crippen LogP contribution in [0.2, 0.25) is 0 Å². The van der Waals surface area contributed by atoms with Crippen molar-refractivity contribution in [2.24, 2.45) is 0 Å². The Balaban J connectivity index is 3.20. The predicted molar refractivity (Wildman–Crippen MR) is 32.4 cm³/mol. The third-order valence-electron chi connectivity index (χ3n) is 0.732. The molecule has 4 nitrogen and oxygen atoms in total. The van der Waals surface area contributed by atoms with Crippen LogP contribution in [0.15, 0.2) is 18.7 Å². The van der Waals surface area contributed by atoms with Crippen LogP contribution in [0.4, 0.5) is 0 Å². The summed E-state index contributed by atoms with van der Waals surface area (Å²) in [4.78, 5) is 3.49. The van der Waals surface area contributed by atoms with Gasteiger partial charge in [-0.2, -0.15) is 8.42 Å². The summed E-state index contributed by atoms with van der Waals surface area (Å²) in [6.45, 7) is 0. The Morgan fingerprint density at radius 1 is 1.56 bits per heavy atom. The van der Waals surface area contributed by atoms with Gasteiger partial charge in [-0.05, 0) is 0 Å². The van der Waals surface area contributed by atoms with Gasteiger partial charge >= 0.3 is 9.24 Å². The van der Waals surface area contributed by atoms with Gasteiger partial charge in [0, 0.05) is 23.1 Å². The first-order valence-electron chi connectivity index (χ1n) is 2.04. The molecule has 0 amide bonds. The zero-order chi connectivity index (χ0) is 6.91. The summed E-state index contributed by atoms with van der Waals surface area (Å²) in [6.07, 6.45) is 3.70. The highest BCUT2D eigenvalue weighted by Gasteiger charge is 2.04. The lowest BCUT2D eigenvalue weighted by Gasteiger charge is -1.89. The monoisotopic (exact) mass is 166 g/mol. The van der Waals surface area contributed by atoms with E-state index in [0.29, 0.717) is 0 Å². The molecule has 0 spiro atoms. The fraction of sp³-hybridized carbons (Fsp3) is 0. The van der Waals surface area contributed by atoms with Crippen molar-refractivity contribution < 1.29 is 8.42 Å². The second kappa shape index (κ2) is 2.00. The van der Waals surface area contributed by atoms with E-state index in [1.54, 1.807) is 0 Å². The van der Waals surface area contributed by atoms with E-state index in [4.69, 9.17) is 10.7 Å². The molecule has 1 rings (SSSR count). The maximum Gasteiger partial charge on any atom is 0.326 e. The first-order valence-corrected chi connectivity index (χ1v) is 4.30. The number of nitrogens with zero attached hydrogens (tertiary/aromatic N) is 2. The summed E-state index contributed by atoms with van der Waals surface area (Å²) in [7, 11) is 1.26. The Morgan fingerprint density at radius 3 is 2.44 bits per heavy atom. The van der Waals surface area contributed by atoms with Crippen molar-refractivity contribution in [2.75, 3.05) is 0 Å². The SMILES string of the molecule is O=S(=O)(Cl)n1ccnc1. The molecule has 0 N–H and O–H groups in total. The molecule has 0 atom stereocenters. The maximum atomic E-state index is 10.4. The molecular weight excluding hydrogens is 164 g/mol. The van der Waals surface area contributed by atoms with Crippen molar-refractivity contribution in [3.05, 3.63) is 18.7 Å². The molecule has 0 bridgehead atoms. The third kappa shape index (κ3) is 1.43. The van der Waals surface area contributed by atoms with Gasteiger partial charge in [0.25, 0.3) is 0 Å².